The highest BCUT2D eigenvalue weighted by Crippen LogP contribution is 2.52. The molecule has 0 fully saturated rings. The first-order chi connectivity index (χ1) is 6.31. The lowest BCUT2D eigenvalue weighted by molar-refractivity contribution is -0.388. The predicted octanol–water partition coefficient (Wildman–Crippen LogP) is 2.45. The zero-order chi connectivity index (χ0) is 12.7. The summed E-state index contributed by atoms with van der Waals surface area (Å²) in [6, 6.07) is 0. The second-order valence-corrected chi connectivity index (χ2v) is 2.53. The topological polar surface area (TPSA) is 20.2 Å². The van der Waals surface area contributed by atoms with E-state index >= 15 is 0 Å². The molecular weight excluding hydrogens is 247 g/mol. The molecule has 0 aliphatic carbocycles. The van der Waals surface area contributed by atoms with Crippen molar-refractivity contribution in [3.8, 4) is 0 Å². The van der Waals surface area contributed by atoms with Crippen LogP contribution in [0.4, 0.5) is 39.5 Å². The van der Waals surface area contributed by atoms with Gasteiger partial charge >= 0.3 is 18.3 Å². The SMILES string of the molecule is OCC(F)(C(F)(F)F)C(F)(F)C(F)(F)F. The maximum absolute atomic E-state index is 12.5. The molecule has 0 aliphatic rings. The Kier molecular flexibility index (Phi) is 3.27. The van der Waals surface area contributed by atoms with Gasteiger partial charge in [-0.2, -0.15) is 35.1 Å². The molecule has 0 saturated heterocycles. The van der Waals surface area contributed by atoms with Crippen LogP contribution in [0.2, 0.25) is 0 Å². The standard InChI is InChI=1S/C5H3F9O/c6-2(1-15,4(9,10)11)3(7,8)5(12,13)14/h15H,1H2. The summed E-state index contributed by atoms with van der Waals surface area (Å²) in [5, 5.41) is 7.74. The van der Waals surface area contributed by atoms with Crippen LogP contribution in [-0.4, -0.2) is 35.7 Å². The van der Waals surface area contributed by atoms with Crippen LogP contribution >= 0.6 is 0 Å². The van der Waals surface area contributed by atoms with Crippen LogP contribution in [0.15, 0.2) is 0 Å². The van der Waals surface area contributed by atoms with Gasteiger partial charge in [-0.15, -0.1) is 0 Å². The number of halogens is 9. The maximum atomic E-state index is 12.5. The number of aliphatic hydroxyl groups excluding tert-OH is 1. The van der Waals surface area contributed by atoms with Crippen molar-refractivity contribution in [3.63, 3.8) is 0 Å². The van der Waals surface area contributed by atoms with Crippen LogP contribution in [0.1, 0.15) is 0 Å². The van der Waals surface area contributed by atoms with Gasteiger partial charge in [-0.25, -0.2) is 4.39 Å². The molecule has 0 spiro atoms. The molecule has 0 heterocycles. The van der Waals surface area contributed by atoms with Gasteiger partial charge in [0.1, 0.15) is 0 Å². The van der Waals surface area contributed by atoms with Crippen LogP contribution in [0.3, 0.4) is 0 Å². The Balaban J connectivity index is 5.50. The molecule has 0 aliphatic heterocycles. The average Bonchev–Trinajstić information content (AvgIpc) is 1.98. The third-order valence-electron chi connectivity index (χ3n) is 1.52. The van der Waals surface area contributed by atoms with E-state index in [0.29, 0.717) is 0 Å². The number of rotatable bonds is 2. The molecule has 0 aromatic carbocycles. The van der Waals surface area contributed by atoms with Gasteiger partial charge in [0.15, 0.2) is 0 Å². The van der Waals surface area contributed by atoms with Crippen molar-refractivity contribution >= 4 is 0 Å². The van der Waals surface area contributed by atoms with E-state index in [-0.39, 0.29) is 0 Å². The fourth-order valence-corrected chi connectivity index (χ4v) is 0.592. The summed E-state index contributed by atoms with van der Waals surface area (Å²) in [4.78, 5) is 0. The fraction of sp³-hybridized carbons (Fsp3) is 1.00. The molecule has 1 nitrogen and oxygen atoms in total. The number of hydrogen-bond acceptors (Lipinski definition) is 1. The Bertz CT molecular complexity index is 228. The quantitative estimate of drug-likeness (QED) is 0.746. The van der Waals surface area contributed by atoms with Crippen LogP contribution < -0.4 is 0 Å². The molecule has 1 N–H and O–H groups in total. The molecule has 0 aromatic rings. The van der Waals surface area contributed by atoms with Gasteiger partial charge in [0.25, 0.3) is 5.67 Å². The third kappa shape index (κ3) is 1.99. The van der Waals surface area contributed by atoms with E-state index in [1.54, 1.807) is 0 Å². The van der Waals surface area contributed by atoms with E-state index < -0.39 is 30.6 Å². The summed E-state index contributed by atoms with van der Waals surface area (Å²) in [5.74, 6) is -6.72. The first kappa shape index (κ1) is 14.3. The second kappa shape index (κ2) is 3.42. The Morgan fingerprint density at radius 2 is 1.00 bits per heavy atom. The maximum Gasteiger partial charge on any atom is 0.457 e. The molecule has 92 valence electrons. The van der Waals surface area contributed by atoms with Crippen LogP contribution in [0, 0.1) is 0 Å². The van der Waals surface area contributed by atoms with Gasteiger partial charge in [0.2, 0.25) is 0 Å². The van der Waals surface area contributed by atoms with Crippen molar-refractivity contribution in [3.05, 3.63) is 0 Å². The summed E-state index contributed by atoms with van der Waals surface area (Å²) in [7, 11) is 0. The summed E-state index contributed by atoms with van der Waals surface area (Å²) in [6.45, 7) is -3.02. The molecule has 0 amide bonds. The largest absolute Gasteiger partial charge is 0.457 e. The zero-order valence-corrected chi connectivity index (χ0v) is 6.56. The van der Waals surface area contributed by atoms with Crippen molar-refractivity contribution in [2.75, 3.05) is 6.61 Å². The molecule has 1 unspecified atom stereocenters. The van der Waals surface area contributed by atoms with Gasteiger partial charge in [-0.05, 0) is 0 Å². The highest BCUT2D eigenvalue weighted by atomic mass is 19.4. The number of hydrogen-bond donors (Lipinski definition) is 1. The van der Waals surface area contributed by atoms with Gasteiger partial charge in [-0.1, -0.05) is 0 Å². The van der Waals surface area contributed by atoms with Crippen LogP contribution in [0.5, 0.6) is 0 Å². The lowest BCUT2D eigenvalue weighted by Crippen LogP contribution is -2.64. The highest BCUT2D eigenvalue weighted by Gasteiger charge is 2.80. The van der Waals surface area contributed by atoms with E-state index in [9.17, 15) is 39.5 Å². The molecule has 0 rings (SSSR count). The van der Waals surface area contributed by atoms with Gasteiger partial charge in [0, 0.05) is 0 Å². The zero-order valence-electron chi connectivity index (χ0n) is 6.56. The van der Waals surface area contributed by atoms with E-state index in [1.165, 1.54) is 0 Å². The fourth-order valence-electron chi connectivity index (χ4n) is 0.592. The molecule has 1 atom stereocenters. The Morgan fingerprint density at radius 1 is 0.667 bits per heavy atom. The first-order valence-electron chi connectivity index (χ1n) is 3.12. The number of alkyl halides is 9. The van der Waals surface area contributed by atoms with E-state index in [4.69, 9.17) is 5.11 Å². The van der Waals surface area contributed by atoms with E-state index in [1.807, 2.05) is 0 Å². The summed E-state index contributed by atoms with van der Waals surface area (Å²) >= 11 is 0. The summed E-state index contributed by atoms with van der Waals surface area (Å²) < 4.78 is 106. The summed E-state index contributed by atoms with van der Waals surface area (Å²) in [5.41, 5.74) is -6.04. The van der Waals surface area contributed by atoms with Crippen molar-refractivity contribution in [1.82, 2.24) is 0 Å². The minimum absolute atomic E-state index is 3.02. The van der Waals surface area contributed by atoms with Crippen molar-refractivity contribution < 1.29 is 44.6 Å². The smallest absolute Gasteiger partial charge is 0.392 e. The van der Waals surface area contributed by atoms with Crippen molar-refractivity contribution in [2.45, 2.75) is 23.9 Å². The molecular formula is C5H3F9O. The lowest BCUT2D eigenvalue weighted by atomic mass is 9.97. The van der Waals surface area contributed by atoms with E-state index in [0.717, 1.165) is 0 Å². The average molecular weight is 250 g/mol. The van der Waals surface area contributed by atoms with E-state index in [2.05, 4.69) is 0 Å². The minimum Gasteiger partial charge on any atom is -0.392 e. The second-order valence-electron chi connectivity index (χ2n) is 2.53. The molecule has 15 heavy (non-hydrogen) atoms. The molecule has 10 heteroatoms. The normalized spacial score (nSPS) is 18.8. The van der Waals surface area contributed by atoms with Gasteiger partial charge in [0.05, 0.1) is 6.61 Å². The Hall–Kier alpha value is -0.670. The Morgan fingerprint density at radius 3 is 1.07 bits per heavy atom. The first-order valence-corrected chi connectivity index (χ1v) is 3.12. The number of aliphatic hydroxyl groups is 1. The molecule has 0 bridgehead atoms. The van der Waals surface area contributed by atoms with Crippen molar-refractivity contribution in [1.29, 1.82) is 0 Å². The van der Waals surface area contributed by atoms with Gasteiger partial charge in [-0.3, -0.25) is 0 Å². The predicted molar refractivity (Wildman–Crippen MR) is 28.0 cm³/mol. The minimum atomic E-state index is -6.75. The molecule has 0 saturated carbocycles. The Labute approximate surface area is 76.5 Å². The molecule has 0 radical (unpaired) electrons. The molecule has 0 aromatic heterocycles. The van der Waals surface area contributed by atoms with Gasteiger partial charge < -0.3 is 5.11 Å². The third-order valence-corrected chi connectivity index (χ3v) is 1.52. The lowest BCUT2D eigenvalue weighted by Gasteiger charge is -2.34. The van der Waals surface area contributed by atoms with Crippen LogP contribution in [-0.2, 0) is 0 Å². The summed E-state index contributed by atoms with van der Waals surface area (Å²) in [6.07, 6.45) is -13.3. The monoisotopic (exact) mass is 250 g/mol. The highest BCUT2D eigenvalue weighted by molar-refractivity contribution is 5.03. The van der Waals surface area contributed by atoms with Crippen LogP contribution in [0.25, 0.3) is 0 Å². The van der Waals surface area contributed by atoms with Crippen molar-refractivity contribution in [2.24, 2.45) is 0 Å².